The highest BCUT2D eigenvalue weighted by molar-refractivity contribution is 7.89. The minimum atomic E-state index is -3.68. The predicted octanol–water partition coefficient (Wildman–Crippen LogP) is 3.61. The van der Waals surface area contributed by atoms with Crippen LogP contribution in [0.15, 0.2) is 41.3 Å². The van der Waals surface area contributed by atoms with Crippen LogP contribution in [-0.2, 0) is 30.8 Å². The summed E-state index contributed by atoms with van der Waals surface area (Å²) in [6, 6.07) is 10.4. The van der Waals surface area contributed by atoms with Gasteiger partial charge < -0.3 is 29.7 Å². The number of carbonyl (C=O) groups is 1. The molecule has 1 aliphatic heterocycles. The first-order chi connectivity index (χ1) is 19.7. The Kier molecular flexibility index (Phi) is 14.1. The fourth-order valence-electron chi connectivity index (χ4n) is 4.42. The molecule has 1 aliphatic rings. The second-order valence-corrected chi connectivity index (χ2v) is 12.3. The molecular weight excluding hydrogens is 591 g/mol. The van der Waals surface area contributed by atoms with Gasteiger partial charge in [-0.3, -0.25) is 0 Å². The van der Waals surface area contributed by atoms with E-state index in [0.29, 0.717) is 56.2 Å². The first-order valence-electron chi connectivity index (χ1n) is 13.7. The maximum Gasteiger partial charge on any atom is 0.314 e. The van der Waals surface area contributed by atoms with Gasteiger partial charge in [-0.05, 0) is 54.4 Å². The molecule has 2 aromatic carbocycles. The van der Waals surface area contributed by atoms with E-state index in [4.69, 9.17) is 37.4 Å². The number of ether oxygens (including phenoxy) is 3. The van der Waals surface area contributed by atoms with Crippen molar-refractivity contribution in [3.8, 4) is 0 Å². The summed E-state index contributed by atoms with van der Waals surface area (Å²) < 4.78 is 44.3. The van der Waals surface area contributed by atoms with E-state index < -0.39 is 10.0 Å². The third-order valence-corrected chi connectivity index (χ3v) is 8.47. The van der Waals surface area contributed by atoms with Gasteiger partial charge in [0.25, 0.3) is 0 Å². The molecule has 1 atom stereocenters. The number of amides is 2. The van der Waals surface area contributed by atoms with Crippen LogP contribution in [0.1, 0.15) is 36.0 Å². The molecular formula is C28H40Cl2N4O6S. The lowest BCUT2D eigenvalue weighted by Gasteiger charge is -2.33. The number of carbonyl (C=O) groups excluding carboxylic acids is 1. The number of fused-ring (bicyclic) bond motifs is 1. The Morgan fingerprint density at radius 2 is 1.54 bits per heavy atom. The van der Waals surface area contributed by atoms with Crippen molar-refractivity contribution in [3.63, 3.8) is 0 Å². The number of likely N-dealkylation sites (N-methyl/N-ethyl adjacent to an activating group) is 1. The molecule has 41 heavy (non-hydrogen) atoms. The van der Waals surface area contributed by atoms with Crippen LogP contribution < -0.4 is 15.4 Å². The van der Waals surface area contributed by atoms with Crippen molar-refractivity contribution in [1.82, 2.24) is 20.3 Å². The summed E-state index contributed by atoms with van der Waals surface area (Å²) in [4.78, 5) is 13.8. The monoisotopic (exact) mass is 630 g/mol. The molecule has 13 heteroatoms. The number of nitrogens with one attached hydrogen (secondary N) is 3. The van der Waals surface area contributed by atoms with Crippen LogP contribution in [0.25, 0.3) is 0 Å². The second kappa shape index (κ2) is 17.2. The largest absolute Gasteiger partial charge is 0.378 e. The lowest BCUT2D eigenvalue weighted by Crippen LogP contribution is -2.37. The fraction of sp³-hybridized carbons (Fsp3) is 0.536. The number of urea groups is 1. The van der Waals surface area contributed by atoms with Crippen LogP contribution in [0.4, 0.5) is 4.79 Å². The van der Waals surface area contributed by atoms with Gasteiger partial charge in [0.2, 0.25) is 10.0 Å². The fourth-order valence-corrected chi connectivity index (χ4v) is 6.00. The van der Waals surface area contributed by atoms with Crippen LogP contribution in [0.3, 0.4) is 0 Å². The summed E-state index contributed by atoms with van der Waals surface area (Å²) in [6.45, 7) is 6.84. The SMILES string of the molecule is CCCNC(=O)NCCOCCOCCOCCNS(=O)(=O)c1ccc(C2CN(C)Cc3c(Cl)cc(Cl)cc32)cc1. The highest BCUT2D eigenvalue weighted by Crippen LogP contribution is 2.38. The lowest BCUT2D eigenvalue weighted by molar-refractivity contribution is 0.0165. The van der Waals surface area contributed by atoms with E-state index in [1.165, 1.54) is 0 Å². The van der Waals surface area contributed by atoms with Gasteiger partial charge in [-0.25, -0.2) is 17.9 Å². The number of halogens is 2. The Labute approximate surface area is 253 Å². The molecule has 3 rings (SSSR count). The van der Waals surface area contributed by atoms with Crippen LogP contribution in [0, 0.1) is 0 Å². The maximum atomic E-state index is 12.8. The van der Waals surface area contributed by atoms with Gasteiger partial charge >= 0.3 is 6.03 Å². The summed E-state index contributed by atoms with van der Waals surface area (Å²) >= 11 is 12.7. The lowest BCUT2D eigenvalue weighted by atomic mass is 9.85. The van der Waals surface area contributed by atoms with Gasteiger partial charge in [-0.1, -0.05) is 42.3 Å². The van der Waals surface area contributed by atoms with E-state index in [-0.39, 0.29) is 30.0 Å². The van der Waals surface area contributed by atoms with Gasteiger partial charge in [0.05, 0.1) is 44.5 Å². The van der Waals surface area contributed by atoms with Crippen molar-refractivity contribution in [2.75, 3.05) is 72.9 Å². The van der Waals surface area contributed by atoms with Crippen molar-refractivity contribution >= 4 is 39.3 Å². The number of hydrogen-bond acceptors (Lipinski definition) is 7. The molecule has 2 aromatic rings. The van der Waals surface area contributed by atoms with E-state index in [1.807, 2.05) is 32.2 Å². The summed E-state index contributed by atoms with van der Waals surface area (Å²) in [6.07, 6.45) is 0.887. The van der Waals surface area contributed by atoms with E-state index in [9.17, 15) is 13.2 Å². The minimum Gasteiger partial charge on any atom is -0.378 e. The topological polar surface area (TPSA) is 118 Å². The molecule has 0 saturated carbocycles. The van der Waals surface area contributed by atoms with Gasteiger partial charge in [0.1, 0.15) is 0 Å². The van der Waals surface area contributed by atoms with E-state index in [0.717, 1.165) is 36.2 Å². The number of nitrogens with zero attached hydrogens (tertiary/aromatic N) is 1. The smallest absolute Gasteiger partial charge is 0.314 e. The quantitative estimate of drug-likeness (QED) is 0.229. The summed E-state index contributed by atoms with van der Waals surface area (Å²) in [5.41, 5.74) is 3.11. The Balaban J connectivity index is 1.31. The minimum absolute atomic E-state index is 0.0346. The number of rotatable bonds is 17. The Hall–Kier alpha value is -1.96. The molecule has 0 aromatic heterocycles. The van der Waals surface area contributed by atoms with Gasteiger partial charge in [0, 0.05) is 48.7 Å². The zero-order valence-corrected chi connectivity index (χ0v) is 25.9. The maximum absolute atomic E-state index is 12.8. The second-order valence-electron chi connectivity index (χ2n) is 9.69. The molecule has 3 N–H and O–H groups in total. The molecule has 1 unspecified atom stereocenters. The van der Waals surface area contributed by atoms with Crippen LogP contribution >= 0.6 is 23.2 Å². The van der Waals surface area contributed by atoms with Crippen molar-refractivity contribution in [2.24, 2.45) is 0 Å². The Bertz CT molecular complexity index is 1220. The van der Waals surface area contributed by atoms with Crippen molar-refractivity contribution in [2.45, 2.75) is 30.7 Å². The molecule has 1 heterocycles. The van der Waals surface area contributed by atoms with Crippen LogP contribution in [0.5, 0.6) is 0 Å². The molecule has 0 aliphatic carbocycles. The standard InChI is InChI=1S/C28H40Cl2N4O6S/c1-3-8-31-28(35)32-9-11-38-13-15-40-16-14-39-12-10-33-41(36,37)23-6-4-21(5-7-23)25-19-34(2)20-26-24(25)17-22(29)18-27(26)30/h4-7,17-18,25,33H,3,8-16,19-20H2,1-2H3,(H2,31,32,35). The van der Waals surface area contributed by atoms with Crippen molar-refractivity contribution in [3.05, 3.63) is 63.1 Å². The summed E-state index contributed by atoms with van der Waals surface area (Å²) in [5.74, 6) is 0.0346. The van der Waals surface area contributed by atoms with Gasteiger partial charge in [0.15, 0.2) is 0 Å². The summed E-state index contributed by atoms with van der Waals surface area (Å²) in [5, 5.41) is 6.65. The van der Waals surface area contributed by atoms with Gasteiger partial charge in [-0.2, -0.15) is 0 Å². The van der Waals surface area contributed by atoms with Gasteiger partial charge in [-0.15, -0.1) is 0 Å². The van der Waals surface area contributed by atoms with Crippen molar-refractivity contribution in [1.29, 1.82) is 0 Å². The highest BCUT2D eigenvalue weighted by atomic mass is 35.5. The third kappa shape index (κ3) is 11.0. The third-order valence-electron chi connectivity index (χ3n) is 6.44. The molecule has 0 spiro atoms. The first kappa shape index (κ1) is 33.5. The number of sulfonamides is 1. The number of benzene rings is 2. The normalized spacial score (nSPS) is 15.5. The predicted molar refractivity (Wildman–Crippen MR) is 160 cm³/mol. The Morgan fingerprint density at radius 3 is 2.20 bits per heavy atom. The molecule has 0 fully saturated rings. The average molecular weight is 632 g/mol. The number of hydrogen-bond donors (Lipinski definition) is 3. The molecule has 10 nitrogen and oxygen atoms in total. The van der Waals surface area contributed by atoms with E-state index in [1.54, 1.807) is 18.2 Å². The summed E-state index contributed by atoms with van der Waals surface area (Å²) in [7, 11) is -1.64. The highest BCUT2D eigenvalue weighted by Gasteiger charge is 2.27. The molecule has 0 radical (unpaired) electrons. The zero-order chi connectivity index (χ0) is 29.7. The Morgan fingerprint density at radius 1 is 0.927 bits per heavy atom. The zero-order valence-electron chi connectivity index (χ0n) is 23.6. The van der Waals surface area contributed by atoms with E-state index in [2.05, 4.69) is 20.3 Å². The molecule has 0 bridgehead atoms. The molecule has 2 amide bonds. The molecule has 0 saturated heterocycles. The van der Waals surface area contributed by atoms with Crippen LogP contribution in [0.2, 0.25) is 10.0 Å². The molecule has 228 valence electrons. The first-order valence-corrected chi connectivity index (χ1v) is 16.0. The van der Waals surface area contributed by atoms with Crippen molar-refractivity contribution < 1.29 is 27.4 Å². The average Bonchev–Trinajstić information content (AvgIpc) is 2.94. The van der Waals surface area contributed by atoms with Crippen LogP contribution in [-0.4, -0.2) is 92.2 Å². The van der Waals surface area contributed by atoms with E-state index >= 15 is 0 Å².